The van der Waals surface area contributed by atoms with Gasteiger partial charge in [0, 0.05) is 6.04 Å². The maximum Gasteiger partial charge on any atom is 0.0772 e. The molecule has 0 aromatic carbocycles. The maximum atomic E-state index is 4.16. The minimum absolute atomic E-state index is 0.479. The van der Waals surface area contributed by atoms with E-state index in [0.29, 0.717) is 6.04 Å². The highest BCUT2D eigenvalue weighted by atomic mass is 32.1. The molecule has 1 saturated carbocycles. The van der Waals surface area contributed by atoms with Crippen molar-refractivity contribution in [2.45, 2.75) is 52.5 Å². The van der Waals surface area contributed by atoms with Gasteiger partial charge in [-0.05, 0) is 49.7 Å². The first-order valence-electron chi connectivity index (χ1n) is 6.74. The summed E-state index contributed by atoms with van der Waals surface area (Å²) in [5.74, 6) is 1.68. The van der Waals surface area contributed by atoms with Gasteiger partial charge in [-0.2, -0.15) is 0 Å². The second-order valence-electron chi connectivity index (χ2n) is 5.28. The lowest BCUT2D eigenvalue weighted by Gasteiger charge is -2.32. The number of hydrogen-bond acceptors (Lipinski definition) is 4. The van der Waals surface area contributed by atoms with E-state index in [1.54, 1.807) is 11.5 Å². The fraction of sp³-hybridized carbons (Fsp3) is 0.846. The molecule has 1 N–H and O–H groups in total. The summed E-state index contributed by atoms with van der Waals surface area (Å²) in [7, 11) is 0. The third-order valence-corrected chi connectivity index (χ3v) is 4.83. The van der Waals surface area contributed by atoms with Crippen molar-refractivity contribution in [3.8, 4) is 0 Å². The van der Waals surface area contributed by atoms with Crippen LogP contribution in [-0.4, -0.2) is 16.1 Å². The summed E-state index contributed by atoms with van der Waals surface area (Å²) in [6, 6.07) is 0.479. The minimum atomic E-state index is 0.479. The number of rotatable bonds is 4. The second kappa shape index (κ2) is 5.91. The van der Waals surface area contributed by atoms with Crippen LogP contribution in [0.2, 0.25) is 0 Å². The molecule has 4 heteroatoms. The Hall–Kier alpha value is -0.480. The van der Waals surface area contributed by atoms with Gasteiger partial charge in [0.25, 0.3) is 0 Å². The van der Waals surface area contributed by atoms with Crippen molar-refractivity contribution in [1.29, 1.82) is 0 Å². The average Bonchev–Trinajstić information content (AvgIpc) is 2.74. The topological polar surface area (TPSA) is 37.8 Å². The fourth-order valence-corrected chi connectivity index (χ4v) is 3.65. The molecule has 0 radical (unpaired) electrons. The van der Waals surface area contributed by atoms with Crippen molar-refractivity contribution < 1.29 is 0 Å². The van der Waals surface area contributed by atoms with Gasteiger partial charge in [0.05, 0.1) is 10.6 Å². The van der Waals surface area contributed by atoms with Gasteiger partial charge in [0.1, 0.15) is 0 Å². The lowest BCUT2D eigenvalue weighted by atomic mass is 9.78. The Morgan fingerprint density at radius 3 is 2.59 bits per heavy atom. The van der Waals surface area contributed by atoms with Gasteiger partial charge in [-0.1, -0.05) is 31.2 Å². The Bertz CT molecular complexity index is 342. The van der Waals surface area contributed by atoms with E-state index in [1.165, 1.54) is 30.6 Å². The monoisotopic (exact) mass is 253 g/mol. The Balaban J connectivity index is 2.09. The highest BCUT2D eigenvalue weighted by molar-refractivity contribution is 7.05. The molecule has 0 aliphatic heterocycles. The van der Waals surface area contributed by atoms with Crippen LogP contribution >= 0.6 is 11.5 Å². The van der Waals surface area contributed by atoms with E-state index in [0.717, 1.165) is 24.1 Å². The molecule has 17 heavy (non-hydrogen) atoms. The van der Waals surface area contributed by atoms with Crippen LogP contribution in [0.25, 0.3) is 0 Å². The minimum Gasteiger partial charge on any atom is -0.309 e. The summed E-state index contributed by atoms with van der Waals surface area (Å²) in [5, 5.41) is 7.80. The Morgan fingerprint density at radius 1 is 1.35 bits per heavy atom. The summed E-state index contributed by atoms with van der Waals surface area (Å²) in [6.45, 7) is 7.66. The largest absolute Gasteiger partial charge is 0.309 e. The number of nitrogens with one attached hydrogen (secondary N) is 1. The van der Waals surface area contributed by atoms with Gasteiger partial charge in [-0.15, -0.1) is 5.10 Å². The molecule has 1 aromatic heterocycles. The molecule has 0 saturated heterocycles. The zero-order valence-electron chi connectivity index (χ0n) is 11.1. The predicted octanol–water partition coefficient (Wildman–Crippen LogP) is 3.32. The number of hydrogen-bond donors (Lipinski definition) is 1. The molecule has 3 nitrogen and oxygen atoms in total. The highest BCUT2D eigenvalue weighted by Crippen LogP contribution is 2.38. The maximum absolute atomic E-state index is 4.16. The lowest BCUT2D eigenvalue weighted by molar-refractivity contribution is 0.234. The van der Waals surface area contributed by atoms with Crippen LogP contribution < -0.4 is 5.32 Å². The van der Waals surface area contributed by atoms with Crippen molar-refractivity contribution in [1.82, 2.24) is 14.9 Å². The van der Waals surface area contributed by atoms with Crippen LogP contribution in [0.15, 0.2) is 0 Å². The molecule has 1 unspecified atom stereocenters. The first-order valence-corrected chi connectivity index (χ1v) is 7.52. The number of aromatic nitrogens is 2. The average molecular weight is 253 g/mol. The summed E-state index contributed by atoms with van der Waals surface area (Å²) in [5.41, 5.74) is 1.11. The van der Waals surface area contributed by atoms with Crippen molar-refractivity contribution in [3.05, 3.63) is 10.6 Å². The predicted molar refractivity (Wildman–Crippen MR) is 72.2 cm³/mol. The van der Waals surface area contributed by atoms with E-state index in [4.69, 9.17) is 0 Å². The number of aryl methyl sites for hydroxylation is 1. The molecular weight excluding hydrogens is 230 g/mol. The van der Waals surface area contributed by atoms with Gasteiger partial charge < -0.3 is 5.32 Å². The van der Waals surface area contributed by atoms with Crippen LogP contribution in [0.5, 0.6) is 0 Å². The van der Waals surface area contributed by atoms with E-state index in [9.17, 15) is 0 Å². The van der Waals surface area contributed by atoms with Crippen molar-refractivity contribution >= 4 is 11.5 Å². The summed E-state index contributed by atoms with van der Waals surface area (Å²) >= 11 is 1.57. The third kappa shape index (κ3) is 3.05. The van der Waals surface area contributed by atoms with Crippen LogP contribution in [-0.2, 0) is 0 Å². The second-order valence-corrected chi connectivity index (χ2v) is 6.06. The molecule has 1 heterocycles. The van der Waals surface area contributed by atoms with Gasteiger partial charge in [0.15, 0.2) is 0 Å². The van der Waals surface area contributed by atoms with Gasteiger partial charge in [-0.3, -0.25) is 0 Å². The highest BCUT2D eigenvalue weighted by Gasteiger charge is 2.29. The van der Waals surface area contributed by atoms with Crippen molar-refractivity contribution in [3.63, 3.8) is 0 Å². The Kier molecular flexibility index (Phi) is 4.51. The SMILES string of the molecule is CCNC(c1snnc1C)C1CCC(C)CC1. The van der Waals surface area contributed by atoms with E-state index in [2.05, 4.69) is 35.7 Å². The molecular formula is C13H23N3S. The van der Waals surface area contributed by atoms with Crippen LogP contribution in [0.3, 0.4) is 0 Å². The molecule has 1 atom stereocenters. The first kappa shape index (κ1) is 13.0. The van der Waals surface area contributed by atoms with Gasteiger partial charge >= 0.3 is 0 Å². The third-order valence-electron chi connectivity index (χ3n) is 3.93. The van der Waals surface area contributed by atoms with Crippen molar-refractivity contribution in [2.75, 3.05) is 6.54 Å². The molecule has 0 spiro atoms. The smallest absolute Gasteiger partial charge is 0.0772 e. The van der Waals surface area contributed by atoms with Crippen LogP contribution in [0.1, 0.15) is 56.1 Å². The first-order chi connectivity index (χ1) is 8.22. The summed E-state index contributed by atoms with van der Waals surface area (Å²) in [6.07, 6.45) is 5.43. The molecule has 1 aliphatic carbocycles. The zero-order valence-corrected chi connectivity index (χ0v) is 11.9. The number of nitrogens with zero attached hydrogens (tertiary/aromatic N) is 2. The molecule has 96 valence electrons. The van der Waals surface area contributed by atoms with Crippen LogP contribution in [0.4, 0.5) is 0 Å². The van der Waals surface area contributed by atoms with E-state index >= 15 is 0 Å². The Labute approximate surface area is 108 Å². The zero-order chi connectivity index (χ0) is 12.3. The van der Waals surface area contributed by atoms with E-state index in [1.807, 2.05) is 0 Å². The fourth-order valence-electron chi connectivity index (χ4n) is 2.84. The molecule has 1 fully saturated rings. The van der Waals surface area contributed by atoms with Crippen molar-refractivity contribution in [2.24, 2.45) is 11.8 Å². The normalized spacial score (nSPS) is 27.0. The van der Waals surface area contributed by atoms with Crippen LogP contribution in [0, 0.1) is 18.8 Å². The van der Waals surface area contributed by atoms with E-state index < -0.39 is 0 Å². The lowest BCUT2D eigenvalue weighted by Crippen LogP contribution is -2.30. The molecule has 1 aromatic rings. The molecule has 0 amide bonds. The van der Waals surface area contributed by atoms with E-state index in [-0.39, 0.29) is 0 Å². The van der Waals surface area contributed by atoms with Gasteiger partial charge in [-0.25, -0.2) is 0 Å². The van der Waals surface area contributed by atoms with Gasteiger partial charge in [0.2, 0.25) is 0 Å². The summed E-state index contributed by atoms with van der Waals surface area (Å²) < 4.78 is 4.09. The standard InChI is InChI=1S/C13H23N3S/c1-4-14-12(13-10(3)15-16-17-13)11-7-5-9(2)6-8-11/h9,11-12,14H,4-8H2,1-3H3. The molecule has 2 rings (SSSR count). The quantitative estimate of drug-likeness (QED) is 0.894. The molecule has 1 aliphatic rings. The Morgan fingerprint density at radius 2 is 2.06 bits per heavy atom. The molecule has 0 bridgehead atoms. The summed E-state index contributed by atoms with van der Waals surface area (Å²) in [4.78, 5) is 1.35.